The Morgan fingerprint density at radius 2 is 1.48 bits per heavy atom. The van der Waals surface area contributed by atoms with Gasteiger partial charge in [-0.2, -0.15) is 0 Å². The van der Waals surface area contributed by atoms with Crippen molar-refractivity contribution in [2.24, 2.45) is 0 Å². The number of nitrogens with zero attached hydrogens (tertiary/aromatic N) is 1. The van der Waals surface area contributed by atoms with Crippen LogP contribution in [-0.2, 0) is 6.61 Å². The molecule has 1 atom stereocenters. The highest BCUT2D eigenvalue weighted by molar-refractivity contribution is 5.44. The van der Waals surface area contributed by atoms with Gasteiger partial charge in [-0.15, -0.1) is 0 Å². The van der Waals surface area contributed by atoms with E-state index in [1.54, 1.807) is 0 Å². The molecule has 0 heterocycles. The minimum Gasteiger partial charge on any atom is -0.489 e. The average Bonchev–Trinajstić information content (AvgIpc) is 2.86. The molecule has 0 unspecified atom stereocenters. The van der Waals surface area contributed by atoms with Crippen LogP contribution in [0.25, 0.3) is 0 Å². The average molecular weight is 428 g/mol. The van der Waals surface area contributed by atoms with Crippen LogP contribution in [0.2, 0.25) is 0 Å². The predicted molar refractivity (Wildman–Crippen MR) is 132 cm³/mol. The number of benzene rings is 3. The highest BCUT2D eigenvalue weighted by Gasteiger charge is 2.22. The summed E-state index contributed by atoms with van der Waals surface area (Å²) in [4.78, 5) is 0.663. The van der Waals surface area contributed by atoms with Crippen molar-refractivity contribution < 1.29 is 21.2 Å². The first-order valence-electron chi connectivity index (χ1n) is 16.4. The molecule has 3 aromatic rings. The van der Waals surface area contributed by atoms with Gasteiger partial charge in [-0.05, 0) is 64.5 Å². The second-order valence-corrected chi connectivity index (χ2v) is 7.61. The molecule has 0 saturated carbocycles. The highest BCUT2D eigenvalue weighted by atomic mass is 16.5. The van der Waals surface area contributed by atoms with Crippen molar-refractivity contribution in [2.45, 2.75) is 65.4 Å². The number of rotatable bonds is 10. The molecule has 3 rings (SSSR count). The first kappa shape index (κ1) is 11.9. The summed E-state index contributed by atoms with van der Waals surface area (Å²) >= 11 is 0. The predicted octanol–water partition coefficient (Wildman–Crippen LogP) is 7.21. The van der Waals surface area contributed by atoms with Crippen LogP contribution in [0.5, 0.6) is 5.75 Å². The monoisotopic (exact) mass is 427 g/mol. The molecule has 0 fully saturated rings. The van der Waals surface area contributed by atoms with Gasteiger partial charge in [0, 0.05) is 40.0 Å². The first-order chi connectivity index (χ1) is 19.8. The lowest BCUT2D eigenvalue weighted by molar-refractivity contribution is 0.170. The van der Waals surface area contributed by atoms with E-state index in [9.17, 15) is 0 Å². The second kappa shape index (κ2) is 11.2. The second-order valence-electron chi connectivity index (χ2n) is 7.61. The van der Waals surface area contributed by atoms with Crippen LogP contribution in [0.15, 0.2) is 78.9 Å². The van der Waals surface area contributed by atoms with E-state index in [-0.39, 0.29) is 13.0 Å². The van der Waals surface area contributed by atoms with Crippen molar-refractivity contribution in [3.63, 3.8) is 0 Å². The Balaban J connectivity index is 2.13. The fourth-order valence-corrected chi connectivity index (χ4v) is 3.68. The summed E-state index contributed by atoms with van der Waals surface area (Å²) in [6.07, 6.45) is 0.0144. The normalized spacial score (nSPS) is 19.9. The van der Waals surface area contributed by atoms with Gasteiger partial charge in [-0.3, -0.25) is 4.90 Å². The third kappa shape index (κ3) is 6.45. The lowest BCUT2D eigenvalue weighted by Crippen LogP contribution is -2.38. The van der Waals surface area contributed by atoms with Crippen LogP contribution in [-0.4, -0.2) is 23.5 Å². The summed E-state index contributed by atoms with van der Waals surface area (Å²) in [6.45, 7) is -11.1. The van der Waals surface area contributed by atoms with E-state index in [1.807, 2.05) is 85.8 Å². The molecule has 0 aliphatic rings. The molecule has 0 amide bonds. The molecule has 2 heteroatoms. The van der Waals surface area contributed by atoms with Gasteiger partial charge in [0.05, 0.1) is 0 Å². The van der Waals surface area contributed by atoms with Crippen LogP contribution in [0.1, 0.15) is 78.4 Å². The zero-order valence-electron chi connectivity index (χ0n) is 29.7. The maximum atomic E-state index is 8.03. The van der Waals surface area contributed by atoms with E-state index in [0.29, 0.717) is 10.6 Å². The van der Waals surface area contributed by atoms with Crippen molar-refractivity contribution in [3.8, 4) is 5.75 Å². The zero-order chi connectivity index (χ0) is 32.2. The van der Waals surface area contributed by atoms with E-state index < -0.39 is 52.0 Å². The molecule has 0 radical (unpaired) electrons. The van der Waals surface area contributed by atoms with Crippen molar-refractivity contribution in [2.75, 3.05) is 6.54 Å². The molecular formula is C29H37NO. The quantitative estimate of drug-likeness (QED) is 0.339. The molecule has 164 valence electrons. The summed E-state index contributed by atoms with van der Waals surface area (Å²) in [5, 5.41) is 0. The van der Waals surface area contributed by atoms with Gasteiger partial charge in [0.1, 0.15) is 12.4 Å². The summed E-state index contributed by atoms with van der Waals surface area (Å²) in [5.41, 5.74) is 3.36. The molecular weight excluding hydrogens is 378 g/mol. The minimum atomic E-state index is -3.20. The van der Waals surface area contributed by atoms with Gasteiger partial charge in [-0.1, -0.05) is 78.4 Å². The fourth-order valence-electron chi connectivity index (χ4n) is 3.68. The van der Waals surface area contributed by atoms with E-state index >= 15 is 0 Å². The Kier molecular flexibility index (Phi) is 4.27. The van der Waals surface area contributed by atoms with Gasteiger partial charge >= 0.3 is 0 Å². The molecule has 2 nitrogen and oxygen atoms in total. The Morgan fingerprint density at radius 3 is 2.13 bits per heavy atom. The van der Waals surface area contributed by atoms with Gasteiger partial charge in [0.15, 0.2) is 0 Å². The Labute approximate surface area is 205 Å². The molecule has 31 heavy (non-hydrogen) atoms. The molecule has 0 spiro atoms. The lowest BCUT2D eigenvalue weighted by Gasteiger charge is -2.32. The molecule has 0 N–H and O–H groups in total. The van der Waals surface area contributed by atoms with Crippen molar-refractivity contribution in [1.29, 1.82) is 0 Å². The van der Waals surface area contributed by atoms with Gasteiger partial charge in [-0.25, -0.2) is 0 Å². The molecule has 0 aliphatic carbocycles. The SMILES string of the molecule is [2H]C([2H])([2H])C(N(CC[C@H](c1ccccc1)c1cc(C)ccc1OCc1ccccc1)C(C([2H])([2H])[2H])C([2H])([2H])[2H])C([2H])([2H])[2H]. The van der Waals surface area contributed by atoms with Gasteiger partial charge < -0.3 is 4.74 Å². The Hall–Kier alpha value is -2.58. The Morgan fingerprint density at radius 1 is 0.839 bits per heavy atom. The van der Waals surface area contributed by atoms with Crippen LogP contribution >= 0.6 is 0 Å². The van der Waals surface area contributed by atoms with E-state index in [2.05, 4.69) is 0 Å². The van der Waals surface area contributed by atoms with E-state index in [1.165, 1.54) is 0 Å². The number of aryl methyl sites for hydroxylation is 1. The van der Waals surface area contributed by atoms with Gasteiger partial charge in [0.2, 0.25) is 0 Å². The smallest absolute Gasteiger partial charge is 0.123 e. The summed E-state index contributed by atoms with van der Waals surface area (Å²) in [5.74, 6) is 0.0262. The van der Waals surface area contributed by atoms with Crippen LogP contribution in [0.4, 0.5) is 0 Å². The minimum absolute atomic E-state index is 0.0144. The Bertz CT molecular complexity index is 1240. The maximum absolute atomic E-state index is 8.03. The van der Waals surface area contributed by atoms with Crippen LogP contribution < -0.4 is 4.74 Å². The first-order valence-corrected chi connectivity index (χ1v) is 10.4. The topological polar surface area (TPSA) is 12.5 Å². The summed E-state index contributed by atoms with van der Waals surface area (Å²) in [6, 6.07) is 19.7. The highest BCUT2D eigenvalue weighted by Crippen LogP contribution is 2.36. The number of ether oxygens (including phenoxy) is 1. The summed E-state index contributed by atoms with van der Waals surface area (Å²) < 4.78 is 103. The summed E-state index contributed by atoms with van der Waals surface area (Å²) in [7, 11) is 0. The molecule has 0 aromatic heterocycles. The van der Waals surface area contributed by atoms with E-state index in [4.69, 9.17) is 21.2 Å². The van der Waals surface area contributed by atoms with E-state index in [0.717, 1.165) is 22.3 Å². The van der Waals surface area contributed by atoms with Crippen LogP contribution in [0, 0.1) is 6.92 Å². The third-order valence-electron chi connectivity index (χ3n) is 5.32. The zero-order valence-corrected chi connectivity index (χ0v) is 17.7. The van der Waals surface area contributed by atoms with Crippen molar-refractivity contribution >= 4 is 0 Å². The van der Waals surface area contributed by atoms with Crippen LogP contribution in [0.3, 0.4) is 0 Å². The molecule has 0 saturated heterocycles. The maximum Gasteiger partial charge on any atom is 0.123 e. The lowest BCUT2D eigenvalue weighted by atomic mass is 9.86. The molecule has 0 bridgehead atoms. The van der Waals surface area contributed by atoms with Crippen molar-refractivity contribution in [3.05, 3.63) is 101 Å². The molecule has 0 aliphatic heterocycles. The van der Waals surface area contributed by atoms with Crippen molar-refractivity contribution in [1.82, 2.24) is 4.90 Å². The largest absolute Gasteiger partial charge is 0.489 e. The number of hydrogen-bond donors (Lipinski definition) is 0. The number of hydrogen-bond acceptors (Lipinski definition) is 2. The fraction of sp³-hybridized carbons (Fsp3) is 0.379. The van der Waals surface area contributed by atoms with Gasteiger partial charge in [0.25, 0.3) is 0 Å². The standard InChI is InChI=1S/C29H37NO/c1-22(2)30(23(3)4)19-18-27(26-14-10-7-11-15-26)28-20-24(5)16-17-29(28)31-21-25-12-8-6-9-13-25/h6-17,20,22-23,27H,18-19,21H2,1-5H3/t27-/m1/s1/i1D3,2D3,3D3,4D3. The third-order valence-corrected chi connectivity index (χ3v) is 5.32. The molecule has 3 aromatic carbocycles.